The van der Waals surface area contributed by atoms with Crippen LogP contribution in [0.5, 0.6) is 0 Å². The van der Waals surface area contributed by atoms with E-state index in [4.69, 9.17) is 28.8 Å². The minimum atomic E-state index is -2.35. The number of anilines is 1. The van der Waals surface area contributed by atoms with Crippen LogP contribution in [-0.2, 0) is 54.1 Å². The lowest BCUT2D eigenvalue weighted by molar-refractivity contribution is -0.346. The molecule has 2 aliphatic heterocycles. The lowest BCUT2D eigenvalue weighted by Gasteiger charge is -2.67. The number of carboxylic acids is 1. The van der Waals surface area contributed by atoms with Gasteiger partial charge in [-0.15, -0.1) is 0 Å². The monoisotopic (exact) mass is 1120 g/mol. The van der Waals surface area contributed by atoms with Crippen LogP contribution in [0.4, 0.5) is 10.5 Å². The van der Waals surface area contributed by atoms with E-state index in [-0.39, 0.29) is 42.1 Å². The van der Waals surface area contributed by atoms with Crippen LogP contribution in [0.1, 0.15) is 125 Å². The number of aromatic nitrogens is 1. The maximum atomic E-state index is 14.9. The predicted molar refractivity (Wildman–Crippen MR) is 293 cm³/mol. The van der Waals surface area contributed by atoms with E-state index in [1.54, 1.807) is 83.1 Å². The summed E-state index contributed by atoms with van der Waals surface area (Å²) in [5.74, 6) is -6.30. The van der Waals surface area contributed by atoms with Crippen LogP contribution in [0, 0.1) is 30.6 Å². The Kier molecular flexibility index (Phi) is 16.5. The third-order valence-corrected chi connectivity index (χ3v) is 16.8. The number of fused-ring (bicyclic) bond motifs is 6. The maximum absolute atomic E-state index is 14.9. The summed E-state index contributed by atoms with van der Waals surface area (Å²) in [7, 11) is 0. The quantitative estimate of drug-likeness (QED) is 0.0329. The minimum Gasteiger partial charge on any atom is -0.481 e. The molecular formula is C61H71N3O17. The molecule has 1 saturated heterocycles. The summed E-state index contributed by atoms with van der Waals surface area (Å²) >= 11 is 0. The van der Waals surface area contributed by atoms with Crippen LogP contribution < -0.4 is 10.6 Å². The standard InChI is InChI=1S/C43H53NO14.C18H18N2O3/c1-22-26(55-37(51)32(48)30(24-15-11-9-12-16-24)44-38(52)58-39(3,4)5)20-43(53)35(56-36(50)25-17-13-10-14-18-25)33-41(8,34(49)31(47)29(22)40(43,6)7)27(46)19-28-42(33,21-54-28)57-23(2)45;1-10-12(7-8-17(21)22)11(2)19-16(10)9-14-13-5-3-4-6-15(13)20-18(14)23/h9-18,26-28,30-33,35,46-48,53H,19-21H2,1-8H3,(H,44,52);3-6,9,19H,7-8H2,1-2H3,(H,20,23)(H,21,22)/b;14-9-/t26-,27-,28+,30-,31+,32+,33-,35-,41+,42-,43+;/m0./s1. The van der Waals surface area contributed by atoms with Gasteiger partial charge in [0.1, 0.15) is 35.6 Å². The molecule has 20 heteroatoms. The molecule has 432 valence electrons. The van der Waals surface area contributed by atoms with Crippen molar-refractivity contribution < 1.29 is 82.8 Å². The van der Waals surface area contributed by atoms with Gasteiger partial charge >= 0.3 is 30.0 Å². The Morgan fingerprint density at radius 3 is 2.14 bits per heavy atom. The Balaban J connectivity index is 0.000000310. The zero-order valence-electron chi connectivity index (χ0n) is 46.9. The van der Waals surface area contributed by atoms with E-state index in [1.165, 1.54) is 26.0 Å². The third kappa shape index (κ3) is 11.1. The van der Waals surface area contributed by atoms with E-state index in [9.17, 15) is 54.0 Å². The van der Waals surface area contributed by atoms with Crippen molar-refractivity contribution in [3.63, 3.8) is 0 Å². The number of carboxylic acid groups (broad SMARTS) is 1. The molecule has 0 radical (unpaired) electrons. The molecule has 3 fully saturated rings. The molecule has 2 saturated carbocycles. The van der Waals surface area contributed by atoms with E-state index in [0.29, 0.717) is 17.6 Å². The zero-order valence-corrected chi connectivity index (χ0v) is 46.9. The molecule has 11 atom stereocenters. The van der Waals surface area contributed by atoms with Gasteiger partial charge in [0.2, 0.25) is 0 Å². The number of carbonyl (C=O) groups is 7. The van der Waals surface area contributed by atoms with Gasteiger partial charge in [-0.2, -0.15) is 0 Å². The molecule has 2 amide bonds. The smallest absolute Gasteiger partial charge is 0.408 e. The topological polar surface area (TPSA) is 307 Å². The Morgan fingerprint density at radius 2 is 1.53 bits per heavy atom. The van der Waals surface area contributed by atoms with Crippen molar-refractivity contribution >= 4 is 59.0 Å². The van der Waals surface area contributed by atoms with E-state index in [1.807, 2.05) is 44.2 Å². The van der Waals surface area contributed by atoms with E-state index < -0.39 is 118 Å². The number of aromatic amines is 1. The lowest BCUT2D eigenvalue weighted by atomic mass is 9.44. The largest absolute Gasteiger partial charge is 0.481 e. The average Bonchev–Trinajstić information content (AvgIpc) is 4.05. The van der Waals surface area contributed by atoms with Gasteiger partial charge in [0.25, 0.3) is 5.91 Å². The number of H-pyrrole nitrogens is 1. The highest BCUT2D eigenvalue weighted by atomic mass is 16.6. The van der Waals surface area contributed by atoms with Crippen molar-refractivity contribution in [2.24, 2.45) is 16.7 Å². The number of esters is 3. The fourth-order valence-electron chi connectivity index (χ4n) is 12.6. The molecule has 2 bridgehead atoms. The molecule has 0 unspecified atom stereocenters. The Hall–Kier alpha value is -7.49. The van der Waals surface area contributed by atoms with Crippen molar-refractivity contribution in [3.8, 4) is 0 Å². The van der Waals surface area contributed by atoms with Crippen LogP contribution in [0.15, 0.2) is 96.1 Å². The normalized spacial score (nSPS) is 28.3. The average molecular weight is 1120 g/mol. The molecule has 4 aromatic rings. The van der Waals surface area contributed by atoms with Crippen LogP contribution in [0.2, 0.25) is 0 Å². The number of nitrogens with one attached hydrogen (secondary N) is 3. The predicted octanol–water partition coefficient (Wildman–Crippen LogP) is 6.40. The van der Waals surface area contributed by atoms with Gasteiger partial charge in [-0.05, 0) is 107 Å². The summed E-state index contributed by atoms with van der Waals surface area (Å²) in [4.78, 5) is 95.1. The second kappa shape index (κ2) is 22.5. The number of hydrogen-bond acceptors (Lipinski definition) is 16. The summed E-state index contributed by atoms with van der Waals surface area (Å²) in [6, 6.07) is 22.2. The van der Waals surface area contributed by atoms with Crippen molar-refractivity contribution in [1.82, 2.24) is 10.3 Å². The SMILES string of the molecule is CC(=O)O[C@@]12CO[C@@H]1C[C@H](O)[C@@]1(C)C(=O)[C@H](O)C3=C(C)[C@@H](OC(=O)[C@H](O)[C@@H](NC(=O)OC(C)(C)C)c4ccccc4)C[C@@](O)([C@@H](OC(=O)c4ccccc4)[C@H]21)C3(C)C.Cc1[nH]c(/C=C2\C(=O)Nc3ccccc32)c(C)c1CCC(=O)O. The minimum absolute atomic E-state index is 0.0637. The molecule has 20 nitrogen and oxygen atoms in total. The van der Waals surface area contributed by atoms with Crippen LogP contribution in [0.25, 0.3) is 11.6 Å². The number of aliphatic hydroxyl groups is 4. The van der Waals surface area contributed by atoms with E-state index >= 15 is 0 Å². The number of aliphatic carboxylic acids is 1. The number of aryl methyl sites for hydroxylation is 1. The number of ether oxygens (including phenoxy) is 5. The number of benzene rings is 3. The highest BCUT2D eigenvalue weighted by molar-refractivity contribution is 6.34. The molecule has 5 aliphatic rings. The number of alkyl carbamates (subject to hydrolysis) is 1. The van der Waals surface area contributed by atoms with Crippen LogP contribution in [-0.4, -0.2) is 132 Å². The Bertz CT molecular complexity index is 3200. The fourth-order valence-corrected chi connectivity index (χ4v) is 12.6. The summed E-state index contributed by atoms with van der Waals surface area (Å²) < 4.78 is 29.5. The number of amides is 2. The molecule has 3 aromatic carbocycles. The Morgan fingerprint density at radius 1 is 0.901 bits per heavy atom. The summed E-state index contributed by atoms with van der Waals surface area (Å²) in [5.41, 5.74) is -2.02. The van der Waals surface area contributed by atoms with E-state index in [2.05, 4.69) is 15.6 Å². The van der Waals surface area contributed by atoms with Gasteiger partial charge < -0.3 is 64.8 Å². The second-order valence-electron chi connectivity index (χ2n) is 23.3. The molecule has 3 aliphatic carbocycles. The highest BCUT2D eigenvalue weighted by Crippen LogP contribution is 2.64. The van der Waals surface area contributed by atoms with Crippen molar-refractivity contribution in [3.05, 3.63) is 135 Å². The first-order valence-electron chi connectivity index (χ1n) is 26.8. The van der Waals surface area contributed by atoms with Gasteiger partial charge in [-0.25, -0.2) is 14.4 Å². The molecule has 9 rings (SSSR count). The highest BCUT2D eigenvalue weighted by Gasteiger charge is 2.78. The van der Waals surface area contributed by atoms with Crippen molar-refractivity contribution in [1.29, 1.82) is 0 Å². The first-order chi connectivity index (χ1) is 38.0. The number of ketones is 1. The summed E-state index contributed by atoms with van der Waals surface area (Å²) in [6.07, 6.45) is -9.06. The number of carbonyl (C=O) groups excluding carboxylic acids is 6. The van der Waals surface area contributed by atoms with Gasteiger partial charge in [0, 0.05) is 54.2 Å². The van der Waals surface area contributed by atoms with Gasteiger partial charge in [0.15, 0.2) is 17.5 Å². The van der Waals surface area contributed by atoms with Gasteiger partial charge in [-0.3, -0.25) is 19.2 Å². The lowest BCUT2D eigenvalue weighted by Crippen LogP contribution is -2.81. The number of para-hydroxylation sites is 1. The van der Waals surface area contributed by atoms with E-state index in [0.717, 1.165) is 40.7 Å². The first-order valence-corrected chi connectivity index (χ1v) is 26.8. The second-order valence-corrected chi connectivity index (χ2v) is 23.3. The van der Waals surface area contributed by atoms with Gasteiger partial charge in [-0.1, -0.05) is 80.6 Å². The Labute approximate surface area is 468 Å². The van der Waals surface area contributed by atoms with Crippen LogP contribution >= 0.6 is 0 Å². The van der Waals surface area contributed by atoms with Crippen molar-refractivity contribution in [2.45, 2.75) is 154 Å². The van der Waals surface area contributed by atoms with Crippen molar-refractivity contribution in [2.75, 3.05) is 11.9 Å². The molecular weight excluding hydrogens is 1050 g/mol. The van der Waals surface area contributed by atoms with Crippen LogP contribution in [0.3, 0.4) is 0 Å². The van der Waals surface area contributed by atoms with Gasteiger partial charge in [0.05, 0.1) is 41.2 Å². The number of aliphatic hydroxyl groups excluding tert-OH is 3. The number of rotatable bonds is 12. The zero-order chi connectivity index (χ0) is 59.3. The first kappa shape index (κ1) is 59.6. The number of hydrogen-bond donors (Lipinski definition) is 8. The molecule has 3 heterocycles. The maximum Gasteiger partial charge on any atom is 0.408 e. The summed E-state index contributed by atoms with van der Waals surface area (Å²) in [6.45, 7) is 15.7. The fraction of sp³-hybridized carbons (Fsp3) is 0.459. The molecule has 81 heavy (non-hydrogen) atoms. The third-order valence-electron chi connectivity index (χ3n) is 16.8. The summed E-state index contributed by atoms with van der Waals surface area (Å²) in [5, 5.41) is 63.3. The number of Topliss-reactive ketones (excluding diaryl/α,β-unsaturated/α-hetero) is 1. The molecule has 1 aromatic heterocycles. The molecule has 8 N–H and O–H groups in total. The molecule has 0 spiro atoms.